The van der Waals surface area contributed by atoms with Crippen LogP contribution < -0.4 is 28.7 Å². The summed E-state index contributed by atoms with van der Waals surface area (Å²) in [5.41, 5.74) is 35.2. The first-order chi connectivity index (χ1) is 24.9. The average molecular weight is 725 g/mol. The quantitative estimate of drug-likeness (QED) is 0.0483. The molecule has 0 aliphatic carbocycles. The molecule has 0 amide bonds. The van der Waals surface area contributed by atoms with Crippen LogP contribution in [0.3, 0.4) is 0 Å². The summed E-state index contributed by atoms with van der Waals surface area (Å²) in [6.45, 7) is 4.00. The van der Waals surface area contributed by atoms with E-state index in [1.165, 1.54) is 42.2 Å². The van der Waals surface area contributed by atoms with Gasteiger partial charge in [-0.15, -0.1) is 0 Å². The Bertz CT molecular complexity index is 1960. The maximum Gasteiger partial charge on any atom is 0.274 e. The number of nitrogens with two attached hydrogens (primary N) is 5. The van der Waals surface area contributed by atoms with Gasteiger partial charge in [0.1, 0.15) is 5.15 Å². The molecule has 3 aromatic carbocycles. The van der Waals surface area contributed by atoms with Gasteiger partial charge >= 0.3 is 0 Å². The summed E-state index contributed by atoms with van der Waals surface area (Å²) in [5.74, 6) is 0. The van der Waals surface area contributed by atoms with E-state index in [1.54, 1.807) is 48.7 Å². The normalized spacial score (nSPS) is 9.52. The van der Waals surface area contributed by atoms with Gasteiger partial charge in [0.05, 0.1) is 21.6 Å². The lowest BCUT2D eigenvalue weighted by Gasteiger charge is -2.02. The molecule has 10 N–H and O–H groups in total. The zero-order valence-electron chi connectivity index (χ0n) is 28.7. The van der Waals surface area contributed by atoms with Crippen molar-refractivity contribution in [1.82, 2.24) is 15.0 Å². The minimum absolute atomic E-state index is 0.0417. The molecule has 6 rings (SSSR count). The van der Waals surface area contributed by atoms with E-state index >= 15 is 0 Å². The summed E-state index contributed by atoms with van der Waals surface area (Å²) in [4.78, 5) is 31.7. The number of benzene rings is 3. The van der Waals surface area contributed by atoms with Gasteiger partial charge in [0.25, 0.3) is 11.4 Å². The molecule has 0 aliphatic rings. The molecule has 6 aromatic rings. The summed E-state index contributed by atoms with van der Waals surface area (Å²) < 4.78 is 0. The zero-order valence-corrected chi connectivity index (χ0v) is 29.4. The fourth-order valence-electron chi connectivity index (χ4n) is 3.96. The summed E-state index contributed by atoms with van der Waals surface area (Å²) in [7, 11) is 0. The van der Waals surface area contributed by atoms with Gasteiger partial charge in [-0.3, -0.25) is 30.2 Å². The average Bonchev–Trinajstić information content (AvgIpc) is 3.13. The number of pyridine rings is 3. The van der Waals surface area contributed by atoms with E-state index < -0.39 is 9.85 Å². The highest BCUT2D eigenvalue weighted by Crippen LogP contribution is 2.16. The van der Waals surface area contributed by atoms with Crippen molar-refractivity contribution >= 4 is 51.4 Å². The minimum atomic E-state index is -0.520. The van der Waals surface area contributed by atoms with Crippen LogP contribution in [0.1, 0.15) is 36.4 Å². The van der Waals surface area contributed by atoms with Crippen LogP contribution in [0.2, 0.25) is 5.15 Å². The first-order valence-electron chi connectivity index (χ1n) is 15.7. The molecule has 52 heavy (non-hydrogen) atoms. The Labute approximate surface area is 306 Å². The number of hydrogen-bond acceptors (Lipinski definition) is 12. The molecule has 0 saturated heterocycles. The fourth-order valence-corrected chi connectivity index (χ4v) is 4.13. The molecular weight excluding hydrogens is 684 g/mol. The van der Waals surface area contributed by atoms with E-state index in [2.05, 4.69) is 15.0 Å². The summed E-state index contributed by atoms with van der Waals surface area (Å²) in [6.07, 6.45) is 5.81. The number of halogens is 1. The molecule has 0 saturated carbocycles. The molecule has 0 fully saturated rings. The number of nitrogens with zero attached hydrogens (tertiary/aromatic N) is 5. The SMILES string of the molecule is CC.Nc1ccc(Cc2cc(N)ccn2)cc1.Nc1ccc(Cc2cc([N+](=O)[O-])ccn2)cc1.Nc1ccc(N)cc1.O=[N+]([O-])c1ccnc(Cl)c1. The predicted octanol–water partition coefficient (Wildman–Crippen LogP) is 7.52. The number of aromatic nitrogens is 3. The lowest BCUT2D eigenvalue weighted by atomic mass is 10.1. The Balaban J connectivity index is 0.000000245. The van der Waals surface area contributed by atoms with Gasteiger partial charge in [0.15, 0.2) is 0 Å². The Morgan fingerprint density at radius 2 is 0.846 bits per heavy atom. The molecular formula is C37H41ClN10O4. The highest BCUT2D eigenvalue weighted by atomic mass is 35.5. The Hall–Kier alpha value is -6.80. The zero-order chi connectivity index (χ0) is 38.5. The number of nitro groups is 2. The van der Waals surface area contributed by atoms with Gasteiger partial charge < -0.3 is 28.7 Å². The van der Waals surface area contributed by atoms with Crippen LogP contribution in [0, 0.1) is 20.2 Å². The van der Waals surface area contributed by atoms with Crippen LogP contribution in [0.5, 0.6) is 0 Å². The first kappa shape index (κ1) is 41.4. The van der Waals surface area contributed by atoms with Crippen LogP contribution in [-0.4, -0.2) is 24.8 Å². The molecule has 0 spiro atoms. The molecule has 0 aliphatic heterocycles. The molecule has 3 aromatic heterocycles. The van der Waals surface area contributed by atoms with E-state index in [4.69, 9.17) is 40.3 Å². The van der Waals surface area contributed by atoms with E-state index in [1.807, 2.05) is 56.3 Å². The molecule has 15 heteroatoms. The van der Waals surface area contributed by atoms with Crippen molar-refractivity contribution in [3.63, 3.8) is 0 Å². The highest BCUT2D eigenvalue weighted by molar-refractivity contribution is 6.29. The molecule has 0 unspecified atom stereocenters. The van der Waals surface area contributed by atoms with Gasteiger partial charge in [-0.2, -0.15) is 0 Å². The molecule has 3 heterocycles. The van der Waals surface area contributed by atoms with Crippen LogP contribution in [-0.2, 0) is 12.8 Å². The number of anilines is 5. The Kier molecular flexibility index (Phi) is 17.5. The van der Waals surface area contributed by atoms with Crippen molar-refractivity contribution < 1.29 is 9.85 Å². The van der Waals surface area contributed by atoms with Crippen molar-refractivity contribution in [3.05, 3.63) is 176 Å². The van der Waals surface area contributed by atoms with Crippen LogP contribution in [0.4, 0.5) is 39.8 Å². The van der Waals surface area contributed by atoms with Crippen LogP contribution >= 0.6 is 11.6 Å². The lowest BCUT2D eigenvalue weighted by Crippen LogP contribution is -1.95. The molecule has 0 radical (unpaired) electrons. The summed E-state index contributed by atoms with van der Waals surface area (Å²) >= 11 is 5.37. The predicted molar refractivity (Wildman–Crippen MR) is 209 cm³/mol. The van der Waals surface area contributed by atoms with Gasteiger partial charge in [0, 0.05) is 83.8 Å². The summed E-state index contributed by atoms with van der Waals surface area (Å²) in [6, 6.07) is 31.3. The fraction of sp³-hybridized carbons (Fsp3) is 0.108. The molecule has 270 valence electrons. The van der Waals surface area contributed by atoms with Crippen molar-refractivity contribution in [3.8, 4) is 0 Å². The number of hydrogen-bond donors (Lipinski definition) is 5. The molecule has 0 atom stereocenters. The minimum Gasteiger partial charge on any atom is -0.399 e. The van der Waals surface area contributed by atoms with Crippen molar-refractivity contribution in [1.29, 1.82) is 0 Å². The van der Waals surface area contributed by atoms with Crippen molar-refractivity contribution in [2.24, 2.45) is 0 Å². The molecule has 14 nitrogen and oxygen atoms in total. The number of rotatable bonds is 6. The second-order valence-corrected chi connectivity index (χ2v) is 10.8. The van der Waals surface area contributed by atoms with E-state index in [9.17, 15) is 20.2 Å². The summed E-state index contributed by atoms with van der Waals surface area (Å²) in [5, 5.41) is 20.8. The second kappa shape index (κ2) is 22.0. The van der Waals surface area contributed by atoms with E-state index in [0.29, 0.717) is 17.8 Å². The monoisotopic (exact) mass is 724 g/mol. The standard InChI is InChI=1S/C12H11N3O2.C12H13N3.C6H8N2.C5H3ClN2O2.C2H6/c13-10-3-1-9(2-4-10)7-11-8-12(15(16)17)5-6-14-11;13-10-3-1-9(2-4-10)7-12-8-11(14)5-6-15-12;7-5-1-2-6(8)4-3-5;6-5-3-4(8(9)10)1-2-7-5;1-2/h1-6,8H,7,13H2;1-6,8H,7,13H2,(H2,14,15);1-4H,7-8H2;1-3H;1-2H3. The van der Waals surface area contributed by atoms with Crippen molar-refractivity contribution in [2.75, 3.05) is 28.7 Å². The van der Waals surface area contributed by atoms with Gasteiger partial charge in [-0.1, -0.05) is 49.7 Å². The van der Waals surface area contributed by atoms with Gasteiger partial charge in [-0.05, 0) is 71.8 Å². The topological polar surface area (TPSA) is 255 Å². The maximum atomic E-state index is 10.6. The largest absolute Gasteiger partial charge is 0.399 e. The smallest absolute Gasteiger partial charge is 0.274 e. The van der Waals surface area contributed by atoms with Gasteiger partial charge in [-0.25, -0.2) is 4.98 Å². The third-order valence-electron chi connectivity index (χ3n) is 6.44. The van der Waals surface area contributed by atoms with E-state index in [0.717, 1.165) is 40.4 Å². The second-order valence-electron chi connectivity index (χ2n) is 10.4. The van der Waals surface area contributed by atoms with Crippen molar-refractivity contribution in [2.45, 2.75) is 26.7 Å². The lowest BCUT2D eigenvalue weighted by molar-refractivity contribution is -0.385. The molecule has 0 bridgehead atoms. The number of nitrogen functional groups attached to an aromatic ring is 5. The Morgan fingerprint density at radius 3 is 1.21 bits per heavy atom. The first-order valence-corrected chi connectivity index (χ1v) is 16.1. The third-order valence-corrected chi connectivity index (χ3v) is 6.65. The maximum absolute atomic E-state index is 10.6. The van der Waals surface area contributed by atoms with Crippen LogP contribution in [0.25, 0.3) is 0 Å². The Morgan fingerprint density at radius 1 is 0.500 bits per heavy atom. The highest BCUT2D eigenvalue weighted by Gasteiger charge is 2.07. The third kappa shape index (κ3) is 16.1. The van der Waals surface area contributed by atoms with E-state index in [-0.39, 0.29) is 16.5 Å². The van der Waals surface area contributed by atoms with Crippen LogP contribution in [0.15, 0.2) is 128 Å². The van der Waals surface area contributed by atoms with Gasteiger partial charge in [0.2, 0.25) is 0 Å².